The SMILES string of the molecule is Cc1cc(COC(=O)c2csc(-c3ccccc3)n2)on1. The standard InChI is InChI=1S/C15H12N2O3S/c1-10-7-12(20-17-10)8-19-15(18)13-9-21-14(16-13)11-5-3-2-4-6-11/h2-7,9H,8H2,1H3. The first-order chi connectivity index (χ1) is 10.2. The van der Waals surface area contributed by atoms with Gasteiger partial charge in [0.15, 0.2) is 18.1 Å². The molecule has 0 aliphatic heterocycles. The molecule has 5 nitrogen and oxygen atoms in total. The van der Waals surface area contributed by atoms with E-state index in [-0.39, 0.29) is 6.61 Å². The highest BCUT2D eigenvalue weighted by Gasteiger charge is 2.14. The zero-order chi connectivity index (χ0) is 14.7. The molecule has 0 bridgehead atoms. The summed E-state index contributed by atoms with van der Waals surface area (Å²) in [5.74, 6) is 0.0434. The van der Waals surface area contributed by atoms with E-state index in [9.17, 15) is 4.79 Å². The minimum absolute atomic E-state index is 0.0534. The van der Waals surface area contributed by atoms with E-state index >= 15 is 0 Å². The van der Waals surface area contributed by atoms with E-state index in [4.69, 9.17) is 9.26 Å². The molecule has 2 aromatic heterocycles. The van der Waals surface area contributed by atoms with Gasteiger partial charge in [-0.2, -0.15) is 0 Å². The van der Waals surface area contributed by atoms with Crippen molar-refractivity contribution in [2.45, 2.75) is 13.5 Å². The van der Waals surface area contributed by atoms with Crippen LogP contribution >= 0.6 is 11.3 Å². The van der Waals surface area contributed by atoms with Crippen molar-refractivity contribution in [3.05, 3.63) is 58.9 Å². The molecule has 0 unspecified atom stereocenters. The Balaban J connectivity index is 1.67. The molecule has 0 atom stereocenters. The highest BCUT2D eigenvalue weighted by molar-refractivity contribution is 7.13. The van der Waals surface area contributed by atoms with Gasteiger partial charge in [-0.15, -0.1) is 11.3 Å². The van der Waals surface area contributed by atoms with E-state index in [1.807, 2.05) is 30.3 Å². The number of aryl methyl sites for hydroxylation is 1. The summed E-state index contributed by atoms with van der Waals surface area (Å²) in [6.45, 7) is 1.86. The van der Waals surface area contributed by atoms with E-state index in [0.29, 0.717) is 11.5 Å². The number of aromatic nitrogens is 2. The Bertz CT molecular complexity index is 749. The fraction of sp³-hybridized carbons (Fsp3) is 0.133. The van der Waals surface area contributed by atoms with Gasteiger partial charge in [-0.25, -0.2) is 9.78 Å². The van der Waals surface area contributed by atoms with Crippen LogP contribution in [0.2, 0.25) is 0 Å². The summed E-state index contributed by atoms with van der Waals surface area (Å²) in [6, 6.07) is 11.4. The van der Waals surface area contributed by atoms with E-state index in [1.54, 1.807) is 18.4 Å². The number of esters is 1. The molecule has 0 aliphatic rings. The molecule has 0 saturated heterocycles. The zero-order valence-electron chi connectivity index (χ0n) is 11.3. The molecule has 6 heteroatoms. The van der Waals surface area contributed by atoms with Gasteiger partial charge in [0.05, 0.1) is 5.69 Å². The van der Waals surface area contributed by atoms with Crippen LogP contribution in [0.3, 0.4) is 0 Å². The molecular formula is C15H12N2O3S. The maximum absolute atomic E-state index is 11.9. The third kappa shape index (κ3) is 3.17. The smallest absolute Gasteiger partial charge is 0.358 e. The predicted octanol–water partition coefficient (Wildman–Crippen LogP) is 3.46. The average molecular weight is 300 g/mol. The molecule has 0 saturated carbocycles. The Labute approximate surface area is 125 Å². The van der Waals surface area contributed by atoms with E-state index in [0.717, 1.165) is 16.3 Å². The summed E-state index contributed by atoms with van der Waals surface area (Å²) >= 11 is 1.41. The van der Waals surface area contributed by atoms with Gasteiger partial charge in [0.25, 0.3) is 0 Å². The summed E-state index contributed by atoms with van der Waals surface area (Å²) in [5.41, 5.74) is 2.03. The summed E-state index contributed by atoms with van der Waals surface area (Å²) < 4.78 is 10.1. The number of ether oxygens (including phenoxy) is 1. The lowest BCUT2D eigenvalue weighted by Crippen LogP contribution is -2.05. The summed E-state index contributed by atoms with van der Waals surface area (Å²) in [6.07, 6.45) is 0. The molecule has 0 aliphatic carbocycles. The molecule has 0 fully saturated rings. The molecule has 3 aromatic rings. The van der Waals surface area contributed by atoms with Crippen molar-refractivity contribution >= 4 is 17.3 Å². The van der Waals surface area contributed by atoms with E-state index < -0.39 is 5.97 Å². The molecular weight excluding hydrogens is 288 g/mol. The van der Waals surface area contributed by atoms with E-state index in [1.165, 1.54) is 11.3 Å². The lowest BCUT2D eigenvalue weighted by molar-refractivity contribution is 0.0431. The van der Waals surface area contributed by atoms with Gasteiger partial charge in [-0.05, 0) is 6.92 Å². The lowest BCUT2D eigenvalue weighted by Gasteiger charge is -1.99. The number of thiazole rings is 1. The minimum Gasteiger partial charge on any atom is -0.453 e. The second kappa shape index (κ2) is 5.88. The van der Waals surface area contributed by atoms with Crippen LogP contribution < -0.4 is 0 Å². The van der Waals surface area contributed by atoms with Gasteiger partial charge in [-0.3, -0.25) is 0 Å². The van der Waals surface area contributed by atoms with Crippen LogP contribution in [0.25, 0.3) is 10.6 Å². The first-order valence-corrected chi connectivity index (χ1v) is 7.20. The fourth-order valence-electron chi connectivity index (χ4n) is 1.78. The van der Waals surface area contributed by atoms with Crippen LogP contribution in [-0.2, 0) is 11.3 Å². The Morgan fingerprint density at radius 3 is 2.86 bits per heavy atom. The Kier molecular flexibility index (Phi) is 3.79. The molecule has 106 valence electrons. The van der Waals surface area contributed by atoms with Crippen molar-refractivity contribution in [3.8, 4) is 10.6 Å². The molecule has 3 rings (SSSR count). The molecule has 1 aromatic carbocycles. The lowest BCUT2D eigenvalue weighted by atomic mass is 10.2. The molecule has 2 heterocycles. The van der Waals surface area contributed by atoms with Crippen molar-refractivity contribution in [1.82, 2.24) is 10.1 Å². The van der Waals surface area contributed by atoms with Crippen molar-refractivity contribution < 1.29 is 14.1 Å². The normalized spacial score (nSPS) is 10.5. The van der Waals surface area contributed by atoms with Crippen molar-refractivity contribution in [3.63, 3.8) is 0 Å². The quantitative estimate of drug-likeness (QED) is 0.690. The van der Waals surface area contributed by atoms with Crippen LogP contribution in [-0.4, -0.2) is 16.1 Å². The van der Waals surface area contributed by atoms with Crippen LogP contribution in [0.1, 0.15) is 21.9 Å². The Morgan fingerprint density at radius 2 is 2.14 bits per heavy atom. The second-order valence-corrected chi connectivity index (χ2v) is 5.27. The molecule has 0 N–H and O–H groups in total. The molecule has 0 radical (unpaired) electrons. The van der Waals surface area contributed by atoms with Gasteiger partial charge < -0.3 is 9.26 Å². The first-order valence-electron chi connectivity index (χ1n) is 6.32. The summed E-state index contributed by atoms with van der Waals surface area (Å²) in [7, 11) is 0. The number of carbonyl (C=O) groups is 1. The first kappa shape index (κ1) is 13.5. The number of nitrogens with zero attached hydrogens (tertiary/aromatic N) is 2. The van der Waals surface area contributed by atoms with Gasteiger partial charge in [0.2, 0.25) is 0 Å². The number of hydrogen-bond donors (Lipinski definition) is 0. The average Bonchev–Trinajstić information content (AvgIpc) is 3.15. The predicted molar refractivity (Wildman–Crippen MR) is 77.9 cm³/mol. The molecule has 21 heavy (non-hydrogen) atoms. The highest BCUT2D eigenvalue weighted by atomic mass is 32.1. The molecule has 0 spiro atoms. The fourth-order valence-corrected chi connectivity index (χ4v) is 2.57. The minimum atomic E-state index is -0.470. The third-order valence-corrected chi connectivity index (χ3v) is 3.65. The van der Waals surface area contributed by atoms with Crippen LogP contribution in [0.5, 0.6) is 0 Å². The number of hydrogen-bond acceptors (Lipinski definition) is 6. The van der Waals surface area contributed by atoms with Crippen LogP contribution in [0, 0.1) is 6.92 Å². The monoisotopic (exact) mass is 300 g/mol. The maximum Gasteiger partial charge on any atom is 0.358 e. The number of benzene rings is 1. The molecule has 0 amide bonds. The van der Waals surface area contributed by atoms with Crippen molar-refractivity contribution in [2.24, 2.45) is 0 Å². The Morgan fingerprint density at radius 1 is 1.33 bits per heavy atom. The van der Waals surface area contributed by atoms with Gasteiger partial charge in [-0.1, -0.05) is 35.5 Å². The van der Waals surface area contributed by atoms with Crippen LogP contribution in [0.15, 0.2) is 46.3 Å². The summed E-state index contributed by atoms with van der Waals surface area (Å²) in [4.78, 5) is 16.2. The Hall–Kier alpha value is -2.47. The second-order valence-electron chi connectivity index (χ2n) is 4.41. The highest BCUT2D eigenvalue weighted by Crippen LogP contribution is 2.23. The van der Waals surface area contributed by atoms with Crippen LogP contribution in [0.4, 0.5) is 0 Å². The van der Waals surface area contributed by atoms with E-state index in [2.05, 4.69) is 10.1 Å². The third-order valence-electron chi connectivity index (χ3n) is 2.76. The van der Waals surface area contributed by atoms with Crippen molar-refractivity contribution in [1.29, 1.82) is 0 Å². The van der Waals surface area contributed by atoms with Gasteiger partial charge in [0.1, 0.15) is 5.01 Å². The van der Waals surface area contributed by atoms with Crippen molar-refractivity contribution in [2.75, 3.05) is 0 Å². The number of carbonyl (C=O) groups excluding carboxylic acids is 1. The zero-order valence-corrected chi connectivity index (χ0v) is 12.1. The summed E-state index contributed by atoms with van der Waals surface area (Å²) in [5, 5.41) is 6.21. The topological polar surface area (TPSA) is 65.2 Å². The van der Waals surface area contributed by atoms with Gasteiger partial charge in [0, 0.05) is 17.0 Å². The largest absolute Gasteiger partial charge is 0.453 e. The maximum atomic E-state index is 11.9. The number of rotatable bonds is 4. The van der Waals surface area contributed by atoms with Gasteiger partial charge >= 0.3 is 5.97 Å².